The van der Waals surface area contributed by atoms with Crippen molar-refractivity contribution in [2.75, 3.05) is 39.4 Å². The topological polar surface area (TPSA) is 44.7 Å². The number of hydrogen-bond acceptors (Lipinski definition) is 4. The minimum atomic E-state index is -0.359. The van der Waals surface area contributed by atoms with E-state index >= 15 is 0 Å². The zero-order valence-corrected chi connectivity index (χ0v) is 10.6. The number of aliphatic hydroxyl groups is 1. The van der Waals surface area contributed by atoms with Crippen molar-refractivity contribution in [2.24, 2.45) is 0 Å². The zero-order chi connectivity index (χ0) is 11.8. The van der Waals surface area contributed by atoms with Crippen molar-refractivity contribution in [2.45, 2.75) is 38.8 Å². The van der Waals surface area contributed by atoms with Gasteiger partial charge in [0.05, 0.1) is 12.7 Å². The predicted molar refractivity (Wildman–Crippen MR) is 65.6 cm³/mol. The van der Waals surface area contributed by atoms with Crippen molar-refractivity contribution in [3.05, 3.63) is 0 Å². The van der Waals surface area contributed by atoms with Crippen LogP contribution in [-0.4, -0.2) is 61.5 Å². The summed E-state index contributed by atoms with van der Waals surface area (Å²) in [5, 5.41) is 13.2. The second kappa shape index (κ2) is 8.01. The Morgan fingerprint density at radius 3 is 2.88 bits per heavy atom. The van der Waals surface area contributed by atoms with Gasteiger partial charge in [-0.05, 0) is 32.9 Å². The maximum atomic E-state index is 9.83. The zero-order valence-electron chi connectivity index (χ0n) is 10.6. The summed E-state index contributed by atoms with van der Waals surface area (Å²) in [5.41, 5.74) is 0. The number of nitrogens with one attached hydrogen (secondary N) is 1. The summed E-state index contributed by atoms with van der Waals surface area (Å²) >= 11 is 0. The number of hydrogen-bond donors (Lipinski definition) is 2. The van der Waals surface area contributed by atoms with Crippen molar-refractivity contribution in [1.82, 2.24) is 10.2 Å². The van der Waals surface area contributed by atoms with Crippen molar-refractivity contribution in [3.63, 3.8) is 0 Å². The van der Waals surface area contributed by atoms with Crippen LogP contribution >= 0.6 is 0 Å². The number of ether oxygens (including phenoxy) is 1. The van der Waals surface area contributed by atoms with Crippen LogP contribution < -0.4 is 5.32 Å². The van der Waals surface area contributed by atoms with Crippen molar-refractivity contribution >= 4 is 0 Å². The van der Waals surface area contributed by atoms with Gasteiger partial charge in [-0.25, -0.2) is 0 Å². The van der Waals surface area contributed by atoms with E-state index in [1.807, 2.05) is 6.92 Å². The van der Waals surface area contributed by atoms with Crippen molar-refractivity contribution in [1.29, 1.82) is 0 Å². The Hall–Kier alpha value is -0.160. The fourth-order valence-corrected chi connectivity index (χ4v) is 2.26. The van der Waals surface area contributed by atoms with Crippen molar-refractivity contribution < 1.29 is 9.84 Å². The first-order valence-corrected chi connectivity index (χ1v) is 6.48. The molecule has 1 heterocycles. The van der Waals surface area contributed by atoms with Crippen LogP contribution in [0.25, 0.3) is 0 Å². The van der Waals surface area contributed by atoms with Gasteiger partial charge in [0.2, 0.25) is 0 Å². The molecule has 96 valence electrons. The van der Waals surface area contributed by atoms with E-state index in [9.17, 15) is 5.11 Å². The minimum Gasteiger partial charge on any atom is -0.389 e. The number of rotatable bonds is 7. The number of aliphatic hydroxyl groups excluding tert-OH is 1. The van der Waals surface area contributed by atoms with Crippen LogP contribution in [0.5, 0.6) is 0 Å². The van der Waals surface area contributed by atoms with Gasteiger partial charge in [-0.2, -0.15) is 0 Å². The van der Waals surface area contributed by atoms with Gasteiger partial charge in [-0.1, -0.05) is 6.92 Å². The maximum absolute atomic E-state index is 9.83. The smallest absolute Gasteiger partial charge is 0.0900 e. The highest BCUT2D eigenvalue weighted by Gasteiger charge is 2.21. The monoisotopic (exact) mass is 230 g/mol. The lowest BCUT2D eigenvalue weighted by Gasteiger charge is -2.35. The summed E-state index contributed by atoms with van der Waals surface area (Å²) in [6.45, 7) is 9.14. The van der Waals surface area contributed by atoms with E-state index in [0.29, 0.717) is 19.3 Å². The largest absolute Gasteiger partial charge is 0.389 e. The molecule has 0 radical (unpaired) electrons. The van der Waals surface area contributed by atoms with E-state index in [1.165, 1.54) is 12.8 Å². The van der Waals surface area contributed by atoms with Crippen LogP contribution in [0.1, 0.15) is 26.7 Å². The summed E-state index contributed by atoms with van der Waals surface area (Å²) in [6, 6.07) is 0.579. The fourth-order valence-electron chi connectivity index (χ4n) is 2.26. The molecular weight excluding hydrogens is 204 g/mol. The molecule has 0 amide bonds. The molecule has 0 aromatic heterocycles. The van der Waals surface area contributed by atoms with Gasteiger partial charge < -0.3 is 15.2 Å². The van der Waals surface area contributed by atoms with E-state index in [4.69, 9.17) is 4.74 Å². The van der Waals surface area contributed by atoms with Gasteiger partial charge in [0.1, 0.15) is 0 Å². The molecule has 0 aromatic carbocycles. The van der Waals surface area contributed by atoms with E-state index in [-0.39, 0.29) is 6.10 Å². The van der Waals surface area contributed by atoms with Crippen molar-refractivity contribution in [3.8, 4) is 0 Å². The fraction of sp³-hybridized carbons (Fsp3) is 1.00. The predicted octanol–water partition coefficient (Wildman–Crippen LogP) is 0.458. The van der Waals surface area contributed by atoms with Gasteiger partial charge in [0.25, 0.3) is 0 Å². The van der Waals surface area contributed by atoms with Crippen LogP contribution in [0.3, 0.4) is 0 Å². The minimum absolute atomic E-state index is 0.359. The molecule has 2 N–H and O–H groups in total. The average Bonchev–Trinajstić information content (AvgIpc) is 2.34. The van der Waals surface area contributed by atoms with Crippen LogP contribution in [0.2, 0.25) is 0 Å². The third kappa shape index (κ3) is 4.78. The summed E-state index contributed by atoms with van der Waals surface area (Å²) in [5.74, 6) is 0. The van der Waals surface area contributed by atoms with Crippen LogP contribution in [0, 0.1) is 0 Å². The van der Waals surface area contributed by atoms with Gasteiger partial charge >= 0.3 is 0 Å². The lowest BCUT2D eigenvalue weighted by atomic mass is 10.1. The molecule has 1 saturated heterocycles. The van der Waals surface area contributed by atoms with Crippen LogP contribution in [0.15, 0.2) is 0 Å². The third-order valence-corrected chi connectivity index (χ3v) is 3.15. The molecule has 1 rings (SSSR count). The Bertz CT molecular complexity index is 172. The average molecular weight is 230 g/mol. The molecule has 4 heteroatoms. The molecule has 0 spiro atoms. The van der Waals surface area contributed by atoms with E-state index in [1.54, 1.807) is 0 Å². The number of likely N-dealkylation sites (N-methyl/N-ethyl adjacent to an activating group) is 1. The third-order valence-electron chi connectivity index (χ3n) is 3.15. The Labute approximate surface area is 99.0 Å². The normalized spacial score (nSPS) is 23.6. The lowest BCUT2D eigenvalue weighted by molar-refractivity contribution is 0.0110. The first-order chi connectivity index (χ1) is 7.77. The van der Waals surface area contributed by atoms with E-state index in [0.717, 1.165) is 26.2 Å². The summed E-state index contributed by atoms with van der Waals surface area (Å²) in [7, 11) is 0. The van der Waals surface area contributed by atoms with Gasteiger partial charge in [0, 0.05) is 25.7 Å². The Balaban J connectivity index is 2.29. The Morgan fingerprint density at radius 1 is 1.50 bits per heavy atom. The molecule has 16 heavy (non-hydrogen) atoms. The molecule has 1 aliphatic heterocycles. The van der Waals surface area contributed by atoms with Gasteiger partial charge in [-0.3, -0.25) is 4.90 Å². The van der Waals surface area contributed by atoms with Crippen LogP contribution in [0.4, 0.5) is 0 Å². The molecule has 2 atom stereocenters. The quantitative estimate of drug-likeness (QED) is 0.667. The molecule has 4 nitrogen and oxygen atoms in total. The highest BCUT2D eigenvalue weighted by molar-refractivity contribution is 4.79. The summed E-state index contributed by atoms with van der Waals surface area (Å²) in [4.78, 5) is 2.36. The number of nitrogens with zero attached hydrogens (tertiary/aromatic N) is 1. The molecule has 1 fully saturated rings. The maximum Gasteiger partial charge on any atom is 0.0900 e. The van der Waals surface area contributed by atoms with E-state index < -0.39 is 0 Å². The molecule has 2 unspecified atom stereocenters. The second-order valence-electron chi connectivity index (χ2n) is 4.40. The Morgan fingerprint density at radius 2 is 2.31 bits per heavy atom. The van der Waals surface area contributed by atoms with Crippen LogP contribution in [-0.2, 0) is 4.74 Å². The first kappa shape index (κ1) is 13.9. The highest BCUT2D eigenvalue weighted by atomic mass is 16.5. The summed E-state index contributed by atoms with van der Waals surface area (Å²) in [6.07, 6.45) is 2.12. The standard InChI is InChI=1S/C12H26N2O2/c1-3-14(9-12(15)10-16-4-2)11-6-5-7-13-8-11/h11-13,15H,3-10H2,1-2H3. The molecule has 1 aliphatic rings. The van der Waals surface area contributed by atoms with Gasteiger partial charge in [0.15, 0.2) is 0 Å². The summed E-state index contributed by atoms with van der Waals surface area (Å²) < 4.78 is 5.24. The van der Waals surface area contributed by atoms with Gasteiger partial charge in [-0.15, -0.1) is 0 Å². The first-order valence-electron chi connectivity index (χ1n) is 6.48. The molecule has 0 aliphatic carbocycles. The Kier molecular flexibility index (Phi) is 6.96. The highest BCUT2D eigenvalue weighted by Crippen LogP contribution is 2.10. The molecule has 0 saturated carbocycles. The second-order valence-corrected chi connectivity index (χ2v) is 4.40. The molecule has 0 aromatic rings. The van der Waals surface area contributed by atoms with E-state index in [2.05, 4.69) is 17.1 Å². The molecule has 0 bridgehead atoms. The molecular formula is C12H26N2O2. The lowest BCUT2D eigenvalue weighted by Crippen LogP contribution is -2.49. The SMILES string of the molecule is CCOCC(O)CN(CC)C1CCCNC1. The number of piperidine rings is 1.